The molecule has 0 saturated carbocycles. The van der Waals surface area contributed by atoms with Crippen LogP contribution < -0.4 is 0 Å². The summed E-state index contributed by atoms with van der Waals surface area (Å²) in [6, 6.07) is 0. The Morgan fingerprint density at radius 1 is 1.36 bits per heavy atom. The Balaban J connectivity index is 3.35. The molecule has 4 nitrogen and oxygen atoms in total. The fraction of sp³-hybridized carbons (Fsp3) is 0.900. The number of carbonyl (C=O) groups is 1. The third-order valence-corrected chi connectivity index (χ3v) is 1.90. The van der Waals surface area contributed by atoms with Crippen molar-refractivity contribution < 1.29 is 14.6 Å². The van der Waals surface area contributed by atoms with E-state index in [0.717, 1.165) is 25.8 Å². The van der Waals surface area contributed by atoms with Crippen LogP contribution >= 0.6 is 0 Å². The summed E-state index contributed by atoms with van der Waals surface area (Å²) in [7, 11) is 1.90. The lowest BCUT2D eigenvalue weighted by Gasteiger charge is -2.14. The molecular formula is C10H21NO3. The van der Waals surface area contributed by atoms with Crippen molar-refractivity contribution in [3.8, 4) is 0 Å². The van der Waals surface area contributed by atoms with E-state index < -0.39 is 0 Å². The highest BCUT2D eigenvalue weighted by Gasteiger charge is 2.05. The summed E-state index contributed by atoms with van der Waals surface area (Å²) < 4.78 is 4.82. The van der Waals surface area contributed by atoms with Gasteiger partial charge in [-0.1, -0.05) is 0 Å². The van der Waals surface area contributed by atoms with Gasteiger partial charge in [-0.15, -0.1) is 0 Å². The Morgan fingerprint density at radius 2 is 2.07 bits per heavy atom. The van der Waals surface area contributed by atoms with Gasteiger partial charge in [-0.05, 0) is 39.8 Å². The summed E-state index contributed by atoms with van der Waals surface area (Å²) in [6.07, 6.45) is 2.85. The molecule has 0 unspecified atom stereocenters. The molecule has 0 radical (unpaired) electrons. The number of aliphatic hydroxyl groups excluding tert-OH is 1. The van der Waals surface area contributed by atoms with Crippen molar-refractivity contribution in [2.45, 2.75) is 26.2 Å². The first-order chi connectivity index (χ1) is 6.70. The van der Waals surface area contributed by atoms with Gasteiger partial charge in [0.25, 0.3) is 0 Å². The lowest BCUT2D eigenvalue weighted by Crippen LogP contribution is -2.28. The Bertz CT molecular complexity index is 150. The molecule has 84 valence electrons. The van der Waals surface area contributed by atoms with Crippen LogP contribution in [0.2, 0.25) is 0 Å². The first-order valence-electron chi connectivity index (χ1n) is 5.15. The smallest absolute Gasteiger partial charge is 0.320 e. The number of aliphatic hydroxyl groups is 1. The molecule has 0 aliphatic carbocycles. The fourth-order valence-electron chi connectivity index (χ4n) is 1.18. The normalized spacial score (nSPS) is 10.6. The number of hydrogen-bond acceptors (Lipinski definition) is 4. The molecular weight excluding hydrogens is 182 g/mol. The van der Waals surface area contributed by atoms with Crippen molar-refractivity contribution in [2.75, 3.05) is 33.4 Å². The number of likely N-dealkylation sites (N-methyl/N-ethyl adjacent to an activating group) is 1. The van der Waals surface area contributed by atoms with E-state index in [1.165, 1.54) is 0 Å². The topological polar surface area (TPSA) is 49.8 Å². The van der Waals surface area contributed by atoms with Crippen molar-refractivity contribution >= 4 is 5.97 Å². The summed E-state index contributed by atoms with van der Waals surface area (Å²) in [5.74, 6) is -0.169. The zero-order chi connectivity index (χ0) is 10.8. The third kappa shape index (κ3) is 8.01. The van der Waals surface area contributed by atoms with Crippen LogP contribution in [0, 0.1) is 0 Å². The maximum atomic E-state index is 11.0. The molecule has 0 spiro atoms. The van der Waals surface area contributed by atoms with Crippen LogP contribution in [-0.2, 0) is 9.53 Å². The van der Waals surface area contributed by atoms with Gasteiger partial charge in [0.05, 0.1) is 13.2 Å². The van der Waals surface area contributed by atoms with Crippen LogP contribution in [0.1, 0.15) is 26.2 Å². The van der Waals surface area contributed by atoms with Crippen LogP contribution in [0.25, 0.3) is 0 Å². The predicted molar refractivity (Wildman–Crippen MR) is 55.1 cm³/mol. The van der Waals surface area contributed by atoms with Gasteiger partial charge in [-0.25, -0.2) is 0 Å². The molecule has 0 aromatic rings. The van der Waals surface area contributed by atoms with Crippen molar-refractivity contribution in [1.29, 1.82) is 0 Å². The average Bonchev–Trinajstić information content (AvgIpc) is 2.13. The second-order valence-electron chi connectivity index (χ2n) is 3.33. The second-order valence-corrected chi connectivity index (χ2v) is 3.33. The van der Waals surface area contributed by atoms with E-state index in [1.807, 2.05) is 11.9 Å². The van der Waals surface area contributed by atoms with Crippen molar-refractivity contribution in [3.63, 3.8) is 0 Å². The molecule has 0 fully saturated rings. The van der Waals surface area contributed by atoms with Crippen molar-refractivity contribution in [2.24, 2.45) is 0 Å². The lowest BCUT2D eigenvalue weighted by atomic mass is 10.2. The van der Waals surface area contributed by atoms with Gasteiger partial charge in [-0.2, -0.15) is 0 Å². The Kier molecular flexibility index (Phi) is 8.57. The van der Waals surface area contributed by atoms with Crippen LogP contribution in [0.5, 0.6) is 0 Å². The molecule has 0 saturated heterocycles. The summed E-state index contributed by atoms with van der Waals surface area (Å²) in [6.45, 7) is 3.73. The van der Waals surface area contributed by atoms with E-state index in [-0.39, 0.29) is 12.6 Å². The van der Waals surface area contributed by atoms with E-state index >= 15 is 0 Å². The Labute approximate surface area is 85.9 Å². The van der Waals surface area contributed by atoms with Crippen LogP contribution in [0.4, 0.5) is 0 Å². The van der Waals surface area contributed by atoms with E-state index in [2.05, 4.69) is 0 Å². The molecule has 1 N–H and O–H groups in total. The fourth-order valence-corrected chi connectivity index (χ4v) is 1.18. The van der Waals surface area contributed by atoms with Crippen LogP contribution in [0.15, 0.2) is 0 Å². The highest BCUT2D eigenvalue weighted by atomic mass is 16.5. The molecule has 0 aliphatic heterocycles. The van der Waals surface area contributed by atoms with Crippen molar-refractivity contribution in [3.05, 3.63) is 0 Å². The number of unbranched alkanes of at least 4 members (excludes halogenated alkanes) is 2. The molecule has 0 atom stereocenters. The van der Waals surface area contributed by atoms with Crippen molar-refractivity contribution in [1.82, 2.24) is 4.90 Å². The van der Waals surface area contributed by atoms with E-state index in [0.29, 0.717) is 13.2 Å². The summed E-state index contributed by atoms with van der Waals surface area (Å²) in [5.41, 5.74) is 0. The van der Waals surface area contributed by atoms with Gasteiger partial charge < -0.3 is 9.84 Å². The SMILES string of the molecule is CCOC(=O)CN(C)CCCCCO. The summed E-state index contributed by atoms with van der Waals surface area (Å²) >= 11 is 0. The zero-order valence-corrected chi connectivity index (χ0v) is 9.16. The van der Waals surface area contributed by atoms with Gasteiger partial charge in [0.15, 0.2) is 0 Å². The largest absolute Gasteiger partial charge is 0.465 e. The van der Waals surface area contributed by atoms with Gasteiger partial charge in [0.2, 0.25) is 0 Å². The van der Waals surface area contributed by atoms with E-state index in [1.54, 1.807) is 6.92 Å². The zero-order valence-electron chi connectivity index (χ0n) is 9.16. The first-order valence-corrected chi connectivity index (χ1v) is 5.15. The Hall–Kier alpha value is -0.610. The molecule has 4 heteroatoms. The number of nitrogens with zero attached hydrogens (tertiary/aromatic N) is 1. The minimum absolute atomic E-state index is 0.169. The Morgan fingerprint density at radius 3 is 2.64 bits per heavy atom. The van der Waals surface area contributed by atoms with E-state index in [4.69, 9.17) is 9.84 Å². The number of esters is 1. The molecule has 0 rings (SSSR count). The number of hydrogen-bond donors (Lipinski definition) is 1. The van der Waals surface area contributed by atoms with Gasteiger partial charge >= 0.3 is 5.97 Å². The molecule has 0 aromatic carbocycles. The monoisotopic (exact) mass is 203 g/mol. The van der Waals surface area contributed by atoms with Gasteiger partial charge in [0, 0.05) is 6.61 Å². The first kappa shape index (κ1) is 13.4. The standard InChI is InChI=1S/C10H21NO3/c1-3-14-10(13)9-11(2)7-5-4-6-8-12/h12H,3-9H2,1-2H3. The van der Waals surface area contributed by atoms with E-state index in [9.17, 15) is 4.79 Å². The van der Waals surface area contributed by atoms with Crippen LogP contribution in [-0.4, -0.2) is 49.3 Å². The summed E-state index contributed by atoms with van der Waals surface area (Å²) in [4.78, 5) is 13.0. The number of rotatable bonds is 8. The summed E-state index contributed by atoms with van der Waals surface area (Å²) in [5, 5.41) is 8.56. The quantitative estimate of drug-likeness (QED) is 0.464. The minimum atomic E-state index is -0.169. The third-order valence-electron chi connectivity index (χ3n) is 1.90. The average molecular weight is 203 g/mol. The molecule has 0 heterocycles. The maximum absolute atomic E-state index is 11.0. The second kappa shape index (κ2) is 8.97. The molecule has 0 amide bonds. The molecule has 14 heavy (non-hydrogen) atoms. The van der Waals surface area contributed by atoms with Gasteiger partial charge in [0.1, 0.15) is 0 Å². The molecule has 0 bridgehead atoms. The molecule has 0 aliphatic rings. The lowest BCUT2D eigenvalue weighted by molar-refractivity contribution is -0.144. The highest BCUT2D eigenvalue weighted by molar-refractivity contribution is 5.71. The minimum Gasteiger partial charge on any atom is -0.465 e. The number of carbonyl (C=O) groups excluding carboxylic acids is 1. The number of ether oxygens (including phenoxy) is 1. The highest BCUT2D eigenvalue weighted by Crippen LogP contribution is 1.96. The maximum Gasteiger partial charge on any atom is 0.320 e. The van der Waals surface area contributed by atoms with Gasteiger partial charge in [-0.3, -0.25) is 9.69 Å². The van der Waals surface area contributed by atoms with Crippen LogP contribution in [0.3, 0.4) is 0 Å². The molecule has 0 aromatic heterocycles. The predicted octanol–water partition coefficient (Wildman–Crippen LogP) is 0.644.